The van der Waals surface area contributed by atoms with Gasteiger partial charge in [0.15, 0.2) is 0 Å². The number of urea groups is 1. The van der Waals surface area contributed by atoms with E-state index in [0.29, 0.717) is 12.2 Å². The fourth-order valence-corrected chi connectivity index (χ4v) is 3.05. The van der Waals surface area contributed by atoms with E-state index >= 15 is 0 Å². The topological polar surface area (TPSA) is 112 Å². The van der Waals surface area contributed by atoms with E-state index in [1.165, 1.54) is 30.0 Å². The van der Waals surface area contributed by atoms with Gasteiger partial charge in [0.05, 0.1) is 45.0 Å². The highest BCUT2D eigenvalue weighted by atomic mass is 32.1. The van der Waals surface area contributed by atoms with Crippen molar-refractivity contribution in [1.29, 1.82) is 0 Å². The summed E-state index contributed by atoms with van der Waals surface area (Å²) in [4.78, 5) is 36.3. The van der Waals surface area contributed by atoms with E-state index in [-0.39, 0.29) is 18.9 Å². The number of hydrogen-bond donors (Lipinski definition) is 2. The maximum atomic E-state index is 12.0. The Morgan fingerprint density at radius 2 is 1.93 bits per heavy atom. The van der Waals surface area contributed by atoms with Crippen LogP contribution in [0.15, 0.2) is 29.9 Å². The summed E-state index contributed by atoms with van der Waals surface area (Å²) >= 11 is 1.64. The number of anilines is 1. The van der Waals surface area contributed by atoms with Crippen molar-refractivity contribution in [3.63, 3.8) is 0 Å². The lowest BCUT2D eigenvalue weighted by Gasteiger charge is -2.15. The maximum absolute atomic E-state index is 12.0. The van der Waals surface area contributed by atoms with E-state index in [2.05, 4.69) is 25.2 Å². The van der Waals surface area contributed by atoms with Crippen molar-refractivity contribution in [2.75, 3.05) is 26.1 Å². The minimum absolute atomic E-state index is 0.0419. The number of esters is 2. The predicted octanol–water partition coefficient (Wildman–Crippen LogP) is 1.98. The molecule has 2 amide bonds. The quantitative estimate of drug-likeness (QED) is 0.629. The Bertz CT molecular complexity index is 741. The number of thiophene rings is 1. The molecular weight excluding hydrogens is 372 g/mol. The highest BCUT2D eigenvalue weighted by molar-refractivity contribution is 7.09. The van der Waals surface area contributed by atoms with Gasteiger partial charge in [-0.05, 0) is 17.9 Å². The van der Waals surface area contributed by atoms with Crippen LogP contribution >= 0.6 is 11.3 Å². The number of rotatable bonds is 9. The molecule has 27 heavy (non-hydrogen) atoms. The second-order valence-electron chi connectivity index (χ2n) is 5.63. The first kappa shape index (κ1) is 20.4. The van der Waals surface area contributed by atoms with E-state index in [1.807, 2.05) is 17.5 Å². The summed E-state index contributed by atoms with van der Waals surface area (Å²) in [6.45, 7) is 0.508. The second-order valence-corrected chi connectivity index (χ2v) is 6.67. The van der Waals surface area contributed by atoms with Crippen molar-refractivity contribution in [1.82, 2.24) is 15.1 Å². The fourth-order valence-electron chi connectivity index (χ4n) is 2.34. The Kier molecular flexibility index (Phi) is 7.80. The summed E-state index contributed by atoms with van der Waals surface area (Å²) < 4.78 is 10.7. The summed E-state index contributed by atoms with van der Waals surface area (Å²) in [5.74, 6) is -0.944. The molecule has 2 aromatic heterocycles. The number of methoxy groups -OCH3 is 2. The summed E-state index contributed by atoms with van der Waals surface area (Å²) in [6, 6.07) is 3.05. The summed E-state index contributed by atoms with van der Waals surface area (Å²) in [7, 11) is 2.54. The van der Waals surface area contributed by atoms with Gasteiger partial charge in [0.1, 0.15) is 0 Å². The molecule has 0 aliphatic carbocycles. The van der Waals surface area contributed by atoms with Gasteiger partial charge in [-0.15, -0.1) is 11.3 Å². The lowest BCUT2D eigenvalue weighted by Crippen LogP contribution is -2.30. The van der Waals surface area contributed by atoms with Gasteiger partial charge >= 0.3 is 18.0 Å². The van der Waals surface area contributed by atoms with Gasteiger partial charge in [-0.3, -0.25) is 14.3 Å². The lowest BCUT2D eigenvalue weighted by atomic mass is 10.1. The molecule has 0 radical (unpaired) electrons. The number of hydrogen-bond acceptors (Lipinski definition) is 7. The van der Waals surface area contributed by atoms with Gasteiger partial charge in [-0.1, -0.05) is 6.07 Å². The van der Waals surface area contributed by atoms with Crippen LogP contribution in [0.4, 0.5) is 10.5 Å². The molecule has 2 aromatic rings. The number of amides is 2. The number of ether oxygens (including phenoxy) is 2. The molecular formula is C17H22N4O5S. The number of aromatic nitrogens is 2. The first-order valence-corrected chi connectivity index (χ1v) is 9.14. The molecule has 0 unspecified atom stereocenters. The van der Waals surface area contributed by atoms with E-state index < -0.39 is 18.0 Å². The zero-order valence-electron chi connectivity index (χ0n) is 15.1. The largest absolute Gasteiger partial charge is 0.469 e. The van der Waals surface area contributed by atoms with Crippen LogP contribution in [0, 0.1) is 0 Å². The normalized spacial score (nSPS) is 10.5. The highest BCUT2D eigenvalue weighted by Gasteiger charge is 2.21. The Hall–Kier alpha value is -2.88. The SMILES string of the molecule is COC(=O)CC(CC(=O)OC)n1cc(NC(=O)NCCc2cccs2)cn1. The lowest BCUT2D eigenvalue weighted by molar-refractivity contribution is -0.144. The first-order valence-electron chi connectivity index (χ1n) is 8.26. The van der Waals surface area contributed by atoms with Gasteiger partial charge in [-0.2, -0.15) is 5.10 Å². The third-order valence-electron chi connectivity index (χ3n) is 3.73. The molecule has 2 rings (SSSR count). The zero-order valence-corrected chi connectivity index (χ0v) is 16.0. The Morgan fingerprint density at radius 3 is 2.52 bits per heavy atom. The number of nitrogens with one attached hydrogen (secondary N) is 2. The molecule has 0 aliphatic rings. The first-order chi connectivity index (χ1) is 13.0. The van der Waals surface area contributed by atoms with Gasteiger partial charge in [0.2, 0.25) is 0 Å². The molecule has 2 N–H and O–H groups in total. The molecule has 0 aromatic carbocycles. The van der Waals surface area contributed by atoms with Crippen LogP contribution in [-0.4, -0.2) is 48.5 Å². The maximum Gasteiger partial charge on any atom is 0.319 e. The minimum atomic E-state index is -0.567. The summed E-state index contributed by atoms with van der Waals surface area (Å²) in [5.41, 5.74) is 0.448. The van der Waals surface area contributed by atoms with E-state index in [9.17, 15) is 14.4 Å². The molecule has 0 bridgehead atoms. The number of carbonyl (C=O) groups excluding carboxylic acids is 3. The second kappa shape index (κ2) is 10.3. The summed E-state index contributed by atoms with van der Waals surface area (Å²) in [5, 5.41) is 11.5. The zero-order chi connectivity index (χ0) is 19.6. The molecule has 0 saturated heterocycles. The van der Waals surface area contributed by atoms with Crippen LogP contribution in [0.3, 0.4) is 0 Å². The predicted molar refractivity (Wildman–Crippen MR) is 99.6 cm³/mol. The van der Waals surface area contributed by atoms with Crippen LogP contribution < -0.4 is 10.6 Å². The molecule has 9 nitrogen and oxygen atoms in total. The highest BCUT2D eigenvalue weighted by Crippen LogP contribution is 2.19. The van der Waals surface area contributed by atoms with Gasteiger partial charge < -0.3 is 20.1 Å². The molecule has 0 aliphatic heterocycles. The van der Waals surface area contributed by atoms with Crippen molar-refractivity contribution >= 4 is 35.0 Å². The monoisotopic (exact) mass is 394 g/mol. The molecule has 0 spiro atoms. The van der Waals surface area contributed by atoms with E-state index in [0.717, 1.165) is 6.42 Å². The third kappa shape index (κ3) is 6.74. The molecule has 0 saturated carbocycles. The van der Waals surface area contributed by atoms with Gasteiger partial charge in [0.25, 0.3) is 0 Å². The Balaban J connectivity index is 1.90. The average Bonchev–Trinajstić information content (AvgIpc) is 3.33. The minimum Gasteiger partial charge on any atom is -0.469 e. The Morgan fingerprint density at radius 1 is 1.22 bits per heavy atom. The van der Waals surface area contributed by atoms with Crippen LogP contribution in [0.2, 0.25) is 0 Å². The molecule has 0 atom stereocenters. The van der Waals surface area contributed by atoms with Crippen LogP contribution in [0.25, 0.3) is 0 Å². The standard InChI is InChI=1S/C17H22N4O5S/c1-25-15(22)8-13(9-16(23)26-2)21-11-12(10-19-21)20-17(24)18-6-5-14-4-3-7-27-14/h3-4,7,10-11,13H,5-6,8-9H2,1-2H3,(H2,18,20,24). The third-order valence-corrected chi connectivity index (χ3v) is 4.67. The molecule has 2 heterocycles. The van der Waals surface area contributed by atoms with Crippen molar-refractivity contribution in [3.05, 3.63) is 34.8 Å². The Labute approximate surface area is 160 Å². The van der Waals surface area contributed by atoms with E-state index in [1.54, 1.807) is 17.5 Å². The van der Waals surface area contributed by atoms with Crippen LogP contribution in [0.5, 0.6) is 0 Å². The number of carbonyl (C=O) groups is 3. The van der Waals surface area contributed by atoms with E-state index in [4.69, 9.17) is 0 Å². The van der Waals surface area contributed by atoms with Crippen molar-refractivity contribution in [2.45, 2.75) is 25.3 Å². The van der Waals surface area contributed by atoms with Crippen molar-refractivity contribution in [3.8, 4) is 0 Å². The smallest absolute Gasteiger partial charge is 0.319 e. The molecule has 10 heteroatoms. The van der Waals surface area contributed by atoms with Crippen molar-refractivity contribution in [2.24, 2.45) is 0 Å². The summed E-state index contributed by atoms with van der Waals surface area (Å²) in [6.07, 6.45) is 3.67. The van der Waals surface area contributed by atoms with Gasteiger partial charge in [-0.25, -0.2) is 4.79 Å². The number of nitrogens with zero attached hydrogens (tertiary/aromatic N) is 2. The van der Waals surface area contributed by atoms with Gasteiger partial charge in [0, 0.05) is 17.6 Å². The van der Waals surface area contributed by atoms with Crippen LogP contribution in [0.1, 0.15) is 23.8 Å². The van der Waals surface area contributed by atoms with Crippen molar-refractivity contribution < 1.29 is 23.9 Å². The average molecular weight is 394 g/mol. The molecule has 146 valence electrons. The fraction of sp³-hybridized carbons (Fsp3) is 0.412. The molecule has 0 fully saturated rings. The van der Waals surface area contributed by atoms with Crippen LogP contribution in [-0.2, 0) is 25.5 Å².